The molecular formula is C23H22N4O2. The van der Waals surface area contributed by atoms with Gasteiger partial charge in [-0.15, -0.1) is 0 Å². The summed E-state index contributed by atoms with van der Waals surface area (Å²) in [5, 5.41) is 4.91. The largest absolute Gasteiger partial charge is 0.497 e. The molecule has 0 fully saturated rings. The predicted molar refractivity (Wildman–Crippen MR) is 115 cm³/mol. The van der Waals surface area contributed by atoms with E-state index in [4.69, 9.17) is 15.3 Å². The average Bonchev–Trinajstić information content (AvgIpc) is 3.12. The molecule has 146 valence electrons. The van der Waals surface area contributed by atoms with Crippen LogP contribution >= 0.6 is 0 Å². The summed E-state index contributed by atoms with van der Waals surface area (Å²) in [6.07, 6.45) is 0.644. The molecule has 0 amide bonds. The molecular weight excluding hydrogens is 364 g/mol. The molecule has 2 aromatic heterocycles. The van der Waals surface area contributed by atoms with E-state index in [1.165, 1.54) is 12.7 Å². The van der Waals surface area contributed by atoms with Crippen molar-refractivity contribution in [2.75, 3.05) is 14.2 Å². The number of pyridine rings is 1. The van der Waals surface area contributed by atoms with Gasteiger partial charge in [0, 0.05) is 29.1 Å². The molecule has 6 heteroatoms. The Kier molecular flexibility index (Phi) is 5.16. The van der Waals surface area contributed by atoms with Gasteiger partial charge in [0.05, 0.1) is 12.8 Å². The molecule has 0 aliphatic carbocycles. The Labute approximate surface area is 169 Å². The maximum Gasteiger partial charge on any atom is 0.188 e. The van der Waals surface area contributed by atoms with Crippen LogP contribution < -0.4 is 10.5 Å². The van der Waals surface area contributed by atoms with Crippen molar-refractivity contribution in [1.82, 2.24) is 9.97 Å². The Morgan fingerprint density at radius 3 is 2.62 bits per heavy atom. The van der Waals surface area contributed by atoms with Crippen molar-refractivity contribution in [2.45, 2.75) is 6.42 Å². The lowest BCUT2D eigenvalue weighted by atomic mass is 10.0. The normalized spacial score (nSPS) is 11.6. The van der Waals surface area contributed by atoms with Crippen LogP contribution in [0.25, 0.3) is 22.2 Å². The number of H-pyrrole nitrogens is 1. The third-order valence-corrected chi connectivity index (χ3v) is 4.79. The summed E-state index contributed by atoms with van der Waals surface area (Å²) in [6.45, 7) is 0. The molecule has 6 nitrogen and oxygen atoms in total. The molecule has 4 aromatic rings. The van der Waals surface area contributed by atoms with Crippen molar-refractivity contribution >= 4 is 16.7 Å². The number of oxime groups is 1. The Morgan fingerprint density at radius 2 is 1.86 bits per heavy atom. The van der Waals surface area contributed by atoms with Crippen LogP contribution in [0.15, 0.2) is 71.9 Å². The fourth-order valence-corrected chi connectivity index (χ4v) is 3.44. The highest BCUT2D eigenvalue weighted by Crippen LogP contribution is 2.33. The molecule has 0 spiro atoms. The number of rotatable bonds is 6. The number of hydrogen-bond acceptors (Lipinski definition) is 4. The molecule has 0 bridgehead atoms. The van der Waals surface area contributed by atoms with E-state index in [9.17, 15) is 0 Å². The molecule has 0 saturated carbocycles. The van der Waals surface area contributed by atoms with Crippen molar-refractivity contribution in [3.63, 3.8) is 0 Å². The van der Waals surface area contributed by atoms with Crippen LogP contribution in [0.2, 0.25) is 0 Å². The maximum absolute atomic E-state index is 5.93. The number of aromatic nitrogens is 2. The van der Waals surface area contributed by atoms with Gasteiger partial charge in [-0.1, -0.05) is 41.6 Å². The minimum absolute atomic E-state index is 0.251. The molecule has 3 N–H and O–H groups in total. The monoisotopic (exact) mass is 386 g/mol. The molecule has 0 aliphatic heterocycles. The smallest absolute Gasteiger partial charge is 0.188 e. The van der Waals surface area contributed by atoms with Gasteiger partial charge in [0.15, 0.2) is 5.84 Å². The lowest BCUT2D eigenvalue weighted by molar-refractivity contribution is 0.213. The fourth-order valence-electron chi connectivity index (χ4n) is 3.44. The summed E-state index contributed by atoms with van der Waals surface area (Å²) >= 11 is 0. The number of fused-ring (bicyclic) bond motifs is 1. The number of amidine groups is 1. The first-order valence-electron chi connectivity index (χ1n) is 9.26. The molecule has 4 rings (SSSR count). The van der Waals surface area contributed by atoms with Gasteiger partial charge in [0.1, 0.15) is 18.6 Å². The fraction of sp³-hybridized carbons (Fsp3) is 0.130. The molecule has 2 heterocycles. The molecule has 0 unspecified atom stereocenters. The highest BCUT2D eigenvalue weighted by Gasteiger charge is 2.15. The van der Waals surface area contributed by atoms with Gasteiger partial charge in [-0.25, -0.2) is 4.98 Å². The zero-order valence-electron chi connectivity index (χ0n) is 16.3. The van der Waals surface area contributed by atoms with E-state index in [2.05, 4.69) is 33.3 Å². The standard InChI is InChI=1S/C23H22N4O2/c1-28-17-11-12-18-19(13-16-9-6-10-20(25-16)23(24)27-29-2)22(26-21(18)14-17)15-7-4-3-5-8-15/h3-12,14,26H,13H2,1-2H3,(H2,24,27). The number of nitrogens with one attached hydrogen (secondary N) is 1. The minimum Gasteiger partial charge on any atom is -0.497 e. The lowest BCUT2D eigenvalue weighted by Crippen LogP contribution is -2.16. The number of methoxy groups -OCH3 is 1. The number of benzene rings is 2. The Bertz CT molecular complexity index is 1170. The molecule has 0 saturated heterocycles. The van der Waals surface area contributed by atoms with Crippen LogP contribution in [0, 0.1) is 0 Å². The van der Waals surface area contributed by atoms with Crippen molar-refractivity contribution in [1.29, 1.82) is 0 Å². The maximum atomic E-state index is 5.93. The highest BCUT2D eigenvalue weighted by atomic mass is 16.6. The third-order valence-electron chi connectivity index (χ3n) is 4.79. The van der Waals surface area contributed by atoms with E-state index in [1.807, 2.05) is 48.5 Å². The van der Waals surface area contributed by atoms with Crippen LogP contribution in [0.4, 0.5) is 0 Å². The van der Waals surface area contributed by atoms with Gasteiger partial charge < -0.3 is 20.3 Å². The van der Waals surface area contributed by atoms with Crippen molar-refractivity contribution < 1.29 is 9.57 Å². The molecule has 0 aliphatic rings. The summed E-state index contributed by atoms with van der Waals surface area (Å²) in [4.78, 5) is 13.0. The van der Waals surface area contributed by atoms with E-state index in [0.29, 0.717) is 12.1 Å². The quantitative estimate of drug-likeness (QED) is 0.297. The van der Waals surface area contributed by atoms with Crippen molar-refractivity contribution in [2.24, 2.45) is 10.9 Å². The van der Waals surface area contributed by atoms with Crippen LogP contribution in [-0.4, -0.2) is 30.0 Å². The first-order valence-corrected chi connectivity index (χ1v) is 9.26. The van der Waals surface area contributed by atoms with Gasteiger partial charge in [-0.2, -0.15) is 0 Å². The Hall–Kier alpha value is -3.80. The third kappa shape index (κ3) is 3.78. The number of hydrogen-bond donors (Lipinski definition) is 2. The number of nitrogens with zero attached hydrogens (tertiary/aromatic N) is 2. The predicted octanol–water partition coefficient (Wildman–Crippen LogP) is 4.10. The van der Waals surface area contributed by atoms with Gasteiger partial charge in [0.25, 0.3) is 0 Å². The van der Waals surface area contributed by atoms with Crippen molar-refractivity contribution in [3.8, 4) is 17.0 Å². The summed E-state index contributed by atoms with van der Waals surface area (Å²) in [5.41, 5.74) is 11.8. The molecule has 0 radical (unpaired) electrons. The lowest BCUT2D eigenvalue weighted by Gasteiger charge is -2.07. The van der Waals surface area contributed by atoms with E-state index < -0.39 is 0 Å². The summed E-state index contributed by atoms with van der Waals surface area (Å²) in [5.74, 6) is 1.06. The van der Waals surface area contributed by atoms with Gasteiger partial charge in [-0.05, 0) is 35.4 Å². The van der Waals surface area contributed by atoms with Crippen LogP contribution in [0.3, 0.4) is 0 Å². The zero-order chi connectivity index (χ0) is 20.2. The second kappa shape index (κ2) is 8.06. The van der Waals surface area contributed by atoms with Crippen LogP contribution in [-0.2, 0) is 11.3 Å². The highest BCUT2D eigenvalue weighted by molar-refractivity contribution is 5.95. The van der Waals surface area contributed by atoms with Gasteiger partial charge in [0.2, 0.25) is 0 Å². The van der Waals surface area contributed by atoms with Gasteiger partial charge >= 0.3 is 0 Å². The molecule has 2 aromatic carbocycles. The summed E-state index contributed by atoms with van der Waals surface area (Å²) in [7, 11) is 3.13. The van der Waals surface area contributed by atoms with E-state index in [0.717, 1.165) is 33.6 Å². The van der Waals surface area contributed by atoms with Crippen molar-refractivity contribution in [3.05, 3.63) is 83.7 Å². The van der Waals surface area contributed by atoms with E-state index in [1.54, 1.807) is 7.11 Å². The van der Waals surface area contributed by atoms with Crippen LogP contribution in [0.1, 0.15) is 17.0 Å². The number of ether oxygens (including phenoxy) is 1. The number of aromatic amines is 1. The second-order valence-electron chi connectivity index (χ2n) is 6.61. The number of nitrogens with two attached hydrogens (primary N) is 1. The summed E-state index contributed by atoms with van der Waals surface area (Å²) < 4.78 is 5.39. The first-order chi connectivity index (χ1) is 14.2. The van der Waals surface area contributed by atoms with Gasteiger partial charge in [-0.3, -0.25) is 0 Å². The first kappa shape index (κ1) is 18.6. The molecule has 29 heavy (non-hydrogen) atoms. The zero-order valence-corrected chi connectivity index (χ0v) is 16.3. The molecule has 0 atom stereocenters. The average molecular weight is 386 g/mol. The summed E-state index contributed by atoms with van der Waals surface area (Å²) in [6, 6.07) is 22.1. The Morgan fingerprint density at radius 1 is 1.03 bits per heavy atom. The Balaban J connectivity index is 1.82. The minimum atomic E-state index is 0.251. The second-order valence-corrected chi connectivity index (χ2v) is 6.61. The van der Waals surface area contributed by atoms with E-state index >= 15 is 0 Å². The SMILES string of the molecule is CO/N=C(\N)c1cccc(Cc2c(-c3ccccc3)[nH]c3cc(OC)ccc23)n1. The topological polar surface area (TPSA) is 85.5 Å². The van der Waals surface area contributed by atoms with E-state index in [-0.39, 0.29) is 5.84 Å². The van der Waals surface area contributed by atoms with Crippen LogP contribution in [0.5, 0.6) is 5.75 Å².